The number of nitrogens with zero attached hydrogens (tertiary/aromatic N) is 2. The van der Waals surface area contributed by atoms with E-state index in [1.807, 2.05) is 18.2 Å². The van der Waals surface area contributed by atoms with Crippen molar-refractivity contribution in [2.45, 2.75) is 46.2 Å². The van der Waals surface area contributed by atoms with Crippen LogP contribution >= 0.6 is 0 Å². The summed E-state index contributed by atoms with van der Waals surface area (Å²) in [5.74, 6) is 0.877. The molecule has 0 spiro atoms. The number of rotatable bonds is 6. The Morgan fingerprint density at radius 2 is 2.10 bits per heavy atom. The smallest absolute Gasteiger partial charge is 0.119 e. The molecule has 1 aromatic carbocycles. The van der Waals surface area contributed by atoms with Crippen LogP contribution in [-0.2, 0) is 13.0 Å². The molecule has 2 aromatic rings. The van der Waals surface area contributed by atoms with Crippen LogP contribution in [0.15, 0.2) is 24.3 Å². The minimum atomic E-state index is 0.205. The second kappa shape index (κ2) is 6.76. The molecule has 4 heteroatoms. The van der Waals surface area contributed by atoms with E-state index in [0.29, 0.717) is 0 Å². The third-order valence-electron chi connectivity index (χ3n) is 3.99. The second-order valence-corrected chi connectivity index (χ2v) is 5.53. The Labute approximate surface area is 126 Å². The van der Waals surface area contributed by atoms with E-state index in [9.17, 15) is 0 Å². The summed E-state index contributed by atoms with van der Waals surface area (Å²) in [6.45, 7) is 7.06. The molecule has 4 nitrogen and oxygen atoms in total. The van der Waals surface area contributed by atoms with E-state index in [1.165, 1.54) is 16.8 Å². The van der Waals surface area contributed by atoms with Crippen LogP contribution < -0.4 is 10.5 Å². The van der Waals surface area contributed by atoms with Crippen molar-refractivity contribution in [1.29, 1.82) is 0 Å². The molecule has 2 N–H and O–H groups in total. The predicted molar refractivity (Wildman–Crippen MR) is 85.8 cm³/mol. The van der Waals surface area contributed by atoms with Gasteiger partial charge in [-0.05, 0) is 49.9 Å². The Morgan fingerprint density at radius 1 is 1.33 bits per heavy atom. The second-order valence-electron chi connectivity index (χ2n) is 5.53. The summed E-state index contributed by atoms with van der Waals surface area (Å²) in [7, 11) is 1.69. The quantitative estimate of drug-likeness (QED) is 0.889. The summed E-state index contributed by atoms with van der Waals surface area (Å²) >= 11 is 0. The molecule has 0 bridgehead atoms. The molecule has 1 aromatic heterocycles. The van der Waals surface area contributed by atoms with E-state index in [2.05, 4.69) is 36.6 Å². The van der Waals surface area contributed by atoms with Gasteiger partial charge in [-0.15, -0.1) is 0 Å². The van der Waals surface area contributed by atoms with Gasteiger partial charge < -0.3 is 10.5 Å². The molecule has 0 aliphatic heterocycles. The van der Waals surface area contributed by atoms with Crippen LogP contribution in [0.5, 0.6) is 5.75 Å². The average molecular weight is 287 g/mol. The lowest BCUT2D eigenvalue weighted by molar-refractivity contribution is 0.414. The Balaban J connectivity index is 2.22. The monoisotopic (exact) mass is 287 g/mol. The summed E-state index contributed by atoms with van der Waals surface area (Å²) in [4.78, 5) is 0. The maximum atomic E-state index is 6.09. The Hall–Kier alpha value is -1.81. The minimum Gasteiger partial charge on any atom is -0.497 e. The largest absolute Gasteiger partial charge is 0.497 e. The van der Waals surface area contributed by atoms with Crippen molar-refractivity contribution in [3.63, 3.8) is 0 Å². The van der Waals surface area contributed by atoms with Crippen molar-refractivity contribution in [3.8, 4) is 5.75 Å². The van der Waals surface area contributed by atoms with Crippen LogP contribution in [-0.4, -0.2) is 22.9 Å². The molecule has 114 valence electrons. The van der Waals surface area contributed by atoms with E-state index in [0.717, 1.165) is 30.8 Å². The first-order valence-electron chi connectivity index (χ1n) is 7.46. The molecule has 0 radical (unpaired) electrons. The molecule has 21 heavy (non-hydrogen) atoms. The third kappa shape index (κ3) is 3.64. The summed E-state index contributed by atoms with van der Waals surface area (Å²) in [6.07, 6.45) is 1.88. The van der Waals surface area contributed by atoms with E-state index in [-0.39, 0.29) is 6.04 Å². The highest BCUT2D eigenvalue weighted by Crippen LogP contribution is 2.19. The zero-order chi connectivity index (χ0) is 15.4. The Kier molecular flexibility index (Phi) is 5.02. The lowest BCUT2D eigenvalue weighted by Gasteiger charge is -2.10. The van der Waals surface area contributed by atoms with Gasteiger partial charge in [0.1, 0.15) is 5.75 Å². The first-order valence-corrected chi connectivity index (χ1v) is 7.46. The number of aryl methyl sites for hydroxylation is 1. The highest BCUT2D eigenvalue weighted by Gasteiger charge is 2.14. The number of hydrogen-bond donors (Lipinski definition) is 1. The Morgan fingerprint density at radius 3 is 2.76 bits per heavy atom. The van der Waals surface area contributed by atoms with Crippen molar-refractivity contribution in [2.24, 2.45) is 5.73 Å². The van der Waals surface area contributed by atoms with E-state index in [1.54, 1.807) is 7.11 Å². The maximum Gasteiger partial charge on any atom is 0.119 e. The van der Waals surface area contributed by atoms with Crippen molar-refractivity contribution in [2.75, 3.05) is 7.11 Å². The predicted octanol–water partition coefficient (Wildman–Crippen LogP) is 2.84. The van der Waals surface area contributed by atoms with Crippen LogP contribution in [0.4, 0.5) is 0 Å². The number of benzene rings is 1. The lowest BCUT2D eigenvalue weighted by atomic mass is 10.0. The van der Waals surface area contributed by atoms with Crippen LogP contribution in [0.1, 0.15) is 35.9 Å². The molecular formula is C17H25N3O. The van der Waals surface area contributed by atoms with Gasteiger partial charge in [0, 0.05) is 11.7 Å². The number of methoxy groups -OCH3 is 1. The standard InChI is InChI=1S/C17H25N3O/c1-5-15(18)10-17-12(2)19-20(13(17)3)11-14-7-6-8-16(9-14)21-4/h6-9,15H,5,10-11,18H2,1-4H3. The van der Waals surface area contributed by atoms with Gasteiger partial charge in [-0.25, -0.2) is 0 Å². The van der Waals surface area contributed by atoms with Crippen LogP contribution in [0, 0.1) is 13.8 Å². The van der Waals surface area contributed by atoms with E-state index >= 15 is 0 Å². The Bertz CT molecular complexity index is 604. The fourth-order valence-corrected chi connectivity index (χ4v) is 2.53. The van der Waals surface area contributed by atoms with E-state index in [4.69, 9.17) is 10.5 Å². The van der Waals surface area contributed by atoms with Gasteiger partial charge in [-0.3, -0.25) is 4.68 Å². The first kappa shape index (κ1) is 15.6. The molecule has 0 saturated heterocycles. The number of ether oxygens (including phenoxy) is 1. The molecule has 0 amide bonds. The van der Waals surface area contributed by atoms with Gasteiger partial charge in [-0.2, -0.15) is 5.10 Å². The molecule has 0 aliphatic rings. The number of hydrogen-bond acceptors (Lipinski definition) is 3. The average Bonchev–Trinajstić information content (AvgIpc) is 2.75. The van der Waals surface area contributed by atoms with Crippen LogP contribution in [0.25, 0.3) is 0 Å². The molecule has 0 saturated carbocycles. The molecule has 0 fully saturated rings. The molecule has 1 heterocycles. The fraction of sp³-hybridized carbons (Fsp3) is 0.471. The highest BCUT2D eigenvalue weighted by atomic mass is 16.5. The van der Waals surface area contributed by atoms with Crippen molar-refractivity contribution < 1.29 is 4.74 Å². The van der Waals surface area contributed by atoms with Crippen molar-refractivity contribution in [1.82, 2.24) is 9.78 Å². The number of nitrogens with two attached hydrogens (primary N) is 1. The summed E-state index contributed by atoms with van der Waals surface area (Å²) in [5.41, 5.74) is 10.9. The zero-order valence-corrected chi connectivity index (χ0v) is 13.4. The van der Waals surface area contributed by atoms with Crippen LogP contribution in [0.3, 0.4) is 0 Å². The van der Waals surface area contributed by atoms with Crippen molar-refractivity contribution >= 4 is 0 Å². The minimum absolute atomic E-state index is 0.205. The first-order chi connectivity index (χ1) is 10.0. The molecule has 1 unspecified atom stereocenters. The fourth-order valence-electron chi connectivity index (χ4n) is 2.53. The topological polar surface area (TPSA) is 53.1 Å². The van der Waals surface area contributed by atoms with Gasteiger partial charge in [0.2, 0.25) is 0 Å². The highest BCUT2D eigenvalue weighted by molar-refractivity contribution is 5.30. The lowest BCUT2D eigenvalue weighted by Crippen LogP contribution is -2.22. The summed E-state index contributed by atoms with van der Waals surface area (Å²) < 4.78 is 7.33. The van der Waals surface area contributed by atoms with E-state index < -0.39 is 0 Å². The number of aromatic nitrogens is 2. The molecule has 1 atom stereocenters. The molecular weight excluding hydrogens is 262 g/mol. The van der Waals surface area contributed by atoms with Gasteiger partial charge in [-0.1, -0.05) is 19.1 Å². The van der Waals surface area contributed by atoms with Gasteiger partial charge in [0.05, 0.1) is 19.3 Å². The third-order valence-corrected chi connectivity index (χ3v) is 3.99. The normalized spacial score (nSPS) is 12.4. The molecule has 2 rings (SSSR count). The summed E-state index contributed by atoms with van der Waals surface area (Å²) in [5, 5.41) is 4.67. The van der Waals surface area contributed by atoms with Crippen molar-refractivity contribution in [3.05, 3.63) is 46.8 Å². The van der Waals surface area contributed by atoms with Gasteiger partial charge in [0.15, 0.2) is 0 Å². The van der Waals surface area contributed by atoms with Crippen LogP contribution in [0.2, 0.25) is 0 Å². The SMILES string of the molecule is CCC(N)Cc1c(C)nn(Cc2cccc(OC)c2)c1C. The summed E-state index contributed by atoms with van der Waals surface area (Å²) in [6, 6.07) is 8.31. The maximum absolute atomic E-state index is 6.09. The van der Waals surface area contributed by atoms with Gasteiger partial charge >= 0.3 is 0 Å². The zero-order valence-electron chi connectivity index (χ0n) is 13.4. The van der Waals surface area contributed by atoms with Gasteiger partial charge in [0.25, 0.3) is 0 Å². The molecule has 0 aliphatic carbocycles.